The van der Waals surface area contributed by atoms with Crippen molar-refractivity contribution in [2.45, 2.75) is 24.9 Å². The number of anilines is 1. The molecule has 5 rings (SSSR count). The third kappa shape index (κ3) is 5.20. The molecule has 2 aromatic heterocycles. The van der Waals surface area contributed by atoms with E-state index in [-0.39, 0.29) is 56.4 Å². The number of benzene rings is 2. The maximum Gasteiger partial charge on any atom is 0.272 e. The van der Waals surface area contributed by atoms with Gasteiger partial charge in [-0.2, -0.15) is 5.10 Å². The quantitative estimate of drug-likeness (QED) is 0.324. The van der Waals surface area contributed by atoms with E-state index in [2.05, 4.69) is 20.7 Å². The standard InChI is InChI=1S/C26H21Cl2FN6O2/c27-19-12-20(28)18(11-17(19)24-21(29)7-4-8-31-24)25(36)33-23-13-22(26(37)32-15-9-14(30)10-15)34-35(23)16-5-2-1-3-6-16/h1-8,11-15H,9-10,30H2,(H,32,37)(H,33,36). The van der Waals surface area contributed by atoms with Crippen LogP contribution in [0.15, 0.2) is 66.9 Å². The van der Waals surface area contributed by atoms with E-state index in [1.165, 1.54) is 41.2 Å². The van der Waals surface area contributed by atoms with Crippen molar-refractivity contribution >= 4 is 40.8 Å². The molecule has 0 atom stereocenters. The highest BCUT2D eigenvalue weighted by atomic mass is 35.5. The second-order valence-corrected chi connectivity index (χ2v) is 9.48. The van der Waals surface area contributed by atoms with Crippen molar-refractivity contribution in [3.63, 3.8) is 0 Å². The van der Waals surface area contributed by atoms with Crippen LogP contribution in [0.4, 0.5) is 10.2 Å². The van der Waals surface area contributed by atoms with Gasteiger partial charge in [0.05, 0.1) is 21.3 Å². The summed E-state index contributed by atoms with van der Waals surface area (Å²) in [6, 6.07) is 16.0. The minimum Gasteiger partial charge on any atom is -0.348 e. The van der Waals surface area contributed by atoms with Crippen LogP contribution in [0.5, 0.6) is 0 Å². The number of nitrogens with one attached hydrogen (secondary N) is 2. The molecule has 1 saturated carbocycles. The lowest BCUT2D eigenvalue weighted by Crippen LogP contribution is -2.50. The van der Waals surface area contributed by atoms with Crippen LogP contribution in [0, 0.1) is 5.82 Å². The number of nitrogens with zero attached hydrogens (tertiary/aromatic N) is 3. The summed E-state index contributed by atoms with van der Waals surface area (Å²) in [4.78, 5) is 30.2. The molecular formula is C26H21Cl2FN6O2. The number of nitrogens with two attached hydrogens (primary N) is 1. The second kappa shape index (κ2) is 10.3. The van der Waals surface area contributed by atoms with Crippen molar-refractivity contribution in [1.29, 1.82) is 0 Å². The fourth-order valence-corrected chi connectivity index (χ4v) is 4.62. The van der Waals surface area contributed by atoms with Crippen LogP contribution in [0.25, 0.3) is 16.9 Å². The predicted molar refractivity (Wildman–Crippen MR) is 140 cm³/mol. The van der Waals surface area contributed by atoms with Crippen molar-refractivity contribution < 1.29 is 14.0 Å². The van der Waals surface area contributed by atoms with E-state index >= 15 is 0 Å². The summed E-state index contributed by atoms with van der Waals surface area (Å²) in [6.07, 6.45) is 2.82. The van der Waals surface area contributed by atoms with Crippen LogP contribution in [0.3, 0.4) is 0 Å². The summed E-state index contributed by atoms with van der Waals surface area (Å²) in [5.41, 5.74) is 6.81. The molecule has 1 aliphatic rings. The van der Waals surface area contributed by atoms with E-state index < -0.39 is 11.7 Å². The van der Waals surface area contributed by atoms with E-state index in [1.54, 1.807) is 12.1 Å². The van der Waals surface area contributed by atoms with E-state index in [9.17, 15) is 14.0 Å². The Morgan fingerprint density at radius 3 is 2.46 bits per heavy atom. The molecule has 8 nitrogen and oxygen atoms in total. The topological polar surface area (TPSA) is 115 Å². The highest BCUT2D eigenvalue weighted by molar-refractivity contribution is 6.38. The van der Waals surface area contributed by atoms with Gasteiger partial charge in [0.1, 0.15) is 17.3 Å². The molecule has 0 saturated heterocycles. The van der Waals surface area contributed by atoms with E-state index in [1.807, 2.05) is 18.2 Å². The molecule has 1 fully saturated rings. The number of hydrogen-bond donors (Lipinski definition) is 3. The van der Waals surface area contributed by atoms with Gasteiger partial charge in [-0.1, -0.05) is 41.4 Å². The van der Waals surface area contributed by atoms with Gasteiger partial charge in [-0.25, -0.2) is 9.07 Å². The van der Waals surface area contributed by atoms with Crippen LogP contribution in [0.2, 0.25) is 10.0 Å². The van der Waals surface area contributed by atoms with Crippen molar-refractivity contribution in [1.82, 2.24) is 20.1 Å². The van der Waals surface area contributed by atoms with E-state index in [4.69, 9.17) is 28.9 Å². The van der Waals surface area contributed by atoms with Crippen molar-refractivity contribution in [2.24, 2.45) is 5.73 Å². The number of pyridine rings is 1. The minimum absolute atomic E-state index is 0.0118. The first kappa shape index (κ1) is 24.9. The molecule has 0 spiro atoms. The molecule has 4 aromatic rings. The fraction of sp³-hybridized carbons (Fsp3) is 0.154. The first-order valence-corrected chi connectivity index (χ1v) is 12.2. The van der Waals surface area contributed by atoms with E-state index in [0.29, 0.717) is 18.5 Å². The first-order chi connectivity index (χ1) is 17.8. The Morgan fingerprint density at radius 1 is 1.00 bits per heavy atom. The smallest absolute Gasteiger partial charge is 0.272 e. The Labute approximate surface area is 221 Å². The zero-order chi connectivity index (χ0) is 26.1. The predicted octanol–water partition coefficient (Wildman–Crippen LogP) is 4.85. The van der Waals surface area contributed by atoms with E-state index in [0.717, 1.165) is 0 Å². The van der Waals surface area contributed by atoms with Crippen LogP contribution < -0.4 is 16.4 Å². The summed E-state index contributed by atoms with van der Waals surface area (Å²) >= 11 is 12.6. The molecule has 0 aliphatic heterocycles. The second-order valence-electron chi connectivity index (χ2n) is 8.66. The van der Waals surface area contributed by atoms with Gasteiger partial charge in [0.25, 0.3) is 11.8 Å². The van der Waals surface area contributed by atoms with Crippen LogP contribution in [-0.2, 0) is 0 Å². The Hall–Kier alpha value is -3.79. The summed E-state index contributed by atoms with van der Waals surface area (Å²) in [5, 5.41) is 10.3. The number of halogens is 3. The number of hydrogen-bond acceptors (Lipinski definition) is 5. The maximum atomic E-state index is 14.4. The number of rotatable bonds is 6. The van der Waals surface area contributed by atoms with Crippen LogP contribution >= 0.6 is 23.2 Å². The average molecular weight is 539 g/mol. The molecule has 188 valence electrons. The van der Waals surface area contributed by atoms with Gasteiger partial charge in [-0.05, 0) is 49.2 Å². The van der Waals surface area contributed by atoms with Gasteiger partial charge in [-0.15, -0.1) is 0 Å². The lowest BCUT2D eigenvalue weighted by molar-refractivity contribution is 0.0904. The summed E-state index contributed by atoms with van der Waals surface area (Å²) in [5.74, 6) is -1.33. The number of amides is 2. The lowest BCUT2D eigenvalue weighted by Gasteiger charge is -2.32. The zero-order valence-electron chi connectivity index (χ0n) is 19.3. The third-order valence-corrected chi connectivity index (χ3v) is 6.63. The molecule has 1 aliphatic carbocycles. The monoisotopic (exact) mass is 538 g/mol. The summed E-state index contributed by atoms with van der Waals surface area (Å²) in [6.45, 7) is 0. The van der Waals surface area contributed by atoms with Gasteiger partial charge in [0.2, 0.25) is 0 Å². The summed E-state index contributed by atoms with van der Waals surface area (Å²) in [7, 11) is 0. The Bertz CT molecular complexity index is 1490. The molecule has 37 heavy (non-hydrogen) atoms. The lowest BCUT2D eigenvalue weighted by atomic mass is 9.87. The molecule has 0 bridgehead atoms. The van der Waals surface area contributed by atoms with Crippen LogP contribution in [-0.4, -0.2) is 38.7 Å². The third-order valence-electron chi connectivity index (χ3n) is 6.01. The highest BCUT2D eigenvalue weighted by Crippen LogP contribution is 2.33. The highest BCUT2D eigenvalue weighted by Gasteiger charge is 2.29. The largest absolute Gasteiger partial charge is 0.348 e. The average Bonchev–Trinajstić information content (AvgIpc) is 3.28. The number of carbonyl (C=O) groups is 2. The number of carbonyl (C=O) groups excluding carboxylic acids is 2. The van der Waals surface area contributed by atoms with Gasteiger partial charge in [0.15, 0.2) is 5.69 Å². The first-order valence-electron chi connectivity index (χ1n) is 11.4. The number of para-hydroxylation sites is 1. The van der Waals surface area contributed by atoms with Gasteiger partial charge in [-0.3, -0.25) is 14.6 Å². The van der Waals surface area contributed by atoms with Crippen molar-refractivity contribution in [2.75, 3.05) is 5.32 Å². The van der Waals surface area contributed by atoms with Gasteiger partial charge >= 0.3 is 0 Å². The normalized spacial score (nSPS) is 16.6. The Balaban J connectivity index is 1.48. The molecule has 11 heteroatoms. The van der Waals surface area contributed by atoms with Gasteiger partial charge < -0.3 is 16.4 Å². The molecule has 0 unspecified atom stereocenters. The SMILES string of the molecule is NC1CC(NC(=O)c2cc(NC(=O)c3cc(-c4ncccc4F)c(Cl)cc3Cl)n(-c3ccccc3)n2)C1. The summed E-state index contributed by atoms with van der Waals surface area (Å²) < 4.78 is 15.8. The molecule has 0 radical (unpaired) electrons. The van der Waals surface area contributed by atoms with Gasteiger partial charge in [0, 0.05) is 29.9 Å². The fourth-order valence-electron chi connectivity index (χ4n) is 4.06. The Kier molecular flexibility index (Phi) is 6.92. The minimum atomic E-state index is -0.603. The Morgan fingerprint density at radius 2 is 1.76 bits per heavy atom. The van der Waals surface area contributed by atoms with Crippen LogP contribution in [0.1, 0.15) is 33.7 Å². The molecule has 2 heterocycles. The molecule has 4 N–H and O–H groups in total. The van der Waals surface area contributed by atoms with Crippen molar-refractivity contribution in [3.8, 4) is 16.9 Å². The molecule has 2 amide bonds. The van der Waals surface area contributed by atoms with Crippen molar-refractivity contribution in [3.05, 3.63) is 94.0 Å². The molecular weight excluding hydrogens is 518 g/mol. The maximum absolute atomic E-state index is 14.4. The number of aromatic nitrogens is 3. The molecule has 2 aromatic carbocycles. The zero-order valence-corrected chi connectivity index (χ0v) is 20.8.